The van der Waals surface area contributed by atoms with Crippen molar-refractivity contribution in [2.24, 2.45) is 5.92 Å². The predicted molar refractivity (Wildman–Crippen MR) is 132 cm³/mol. The van der Waals surface area contributed by atoms with Gasteiger partial charge in [-0.3, -0.25) is 14.4 Å². The van der Waals surface area contributed by atoms with Crippen LogP contribution in [0.15, 0.2) is 47.5 Å². The molecule has 1 saturated heterocycles. The van der Waals surface area contributed by atoms with E-state index in [-0.39, 0.29) is 34.9 Å². The van der Waals surface area contributed by atoms with Crippen LogP contribution in [0.5, 0.6) is 0 Å². The van der Waals surface area contributed by atoms with Gasteiger partial charge in [0.1, 0.15) is 11.1 Å². The molecule has 1 aromatic heterocycles. The zero-order valence-electron chi connectivity index (χ0n) is 19.9. The number of benzene rings is 1. The van der Waals surface area contributed by atoms with Crippen LogP contribution in [0.2, 0.25) is 0 Å². The molecule has 0 bridgehead atoms. The Labute approximate surface area is 201 Å². The lowest BCUT2D eigenvalue weighted by molar-refractivity contribution is 0.0705. The van der Waals surface area contributed by atoms with E-state index < -0.39 is 5.43 Å². The number of rotatable bonds is 6. The number of carbonyl (C=O) groups is 2. The van der Waals surface area contributed by atoms with Gasteiger partial charge in [-0.2, -0.15) is 0 Å². The summed E-state index contributed by atoms with van der Waals surface area (Å²) < 4.78 is 1.92. The molecule has 0 unspecified atom stereocenters. The Morgan fingerprint density at radius 3 is 2.35 bits per heavy atom. The van der Waals surface area contributed by atoms with Crippen LogP contribution in [0.4, 0.5) is 0 Å². The average molecular weight is 462 g/mol. The normalized spacial score (nSPS) is 21.3. The van der Waals surface area contributed by atoms with Crippen molar-refractivity contribution >= 4 is 11.8 Å². The maximum absolute atomic E-state index is 13.6. The number of hydrogen-bond donors (Lipinski definition) is 1. The van der Waals surface area contributed by atoms with Gasteiger partial charge in [-0.1, -0.05) is 49.6 Å². The maximum Gasteiger partial charge on any atom is 0.259 e. The number of pyridine rings is 1. The van der Waals surface area contributed by atoms with Gasteiger partial charge in [0.25, 0.3) is 11.8 Å². The van der Waals surface area contributed by atoms with Crippen LogP contribution in [0, 0.1) is 5.92 Å². The number of aromatic nitrogens is 1. The Bertz CT molecular complexity index is 1080. The van der Waals surface area contributed by atoms with Crippen LogP contribution < -0.4 is 10.7 Å². The van der Waals surface area contributed by atoms with E-state index in [4.69, 9.17) is 0 Å². The van der Waals surface area contributed by atoms with E-state index in [1.165, 1.54) is 24.8 Å². The van der Waals surface area contributed by atoms with Crippen molar-refractivity contribution in [3.63, 3.8) is 0 Å². The van der Waals surface area contributed by atoms with Gasteiger partial charge in [0.15, 0.2) is 0 Å². The molecule has 3 aliphatic rings. The molecule has 1 aliphatic heterocycles. The van der Waals surface area contributed by atoms with Crippen molar-refractivity contribution in [1.29, 1.82) is 0 Å². The Morgan fingerprint density at radius 1 is 0.882 bits per heavy atom. The Kier molecular flexibility index (Phi) is 6.84. The molecule has 6 heteroatoms. The molecule has 6 nitrogen and oxygen atoms in total. The molecule has 1 aromatic carbocycles. The van der Waals surface area contributed by atoms with Gasteiger partial charge in [0.2, 0.25) is 5.43 Å². The first kappa shape index (κ1) is 22.9. The summed E-state index contributed by atoms with van der Waals surface area (Å²) in [5, 5.41) is 2.99. The monoisotopic (exact) mass is 461 g/mol. The molecule has 1 atom stereocenters. The highest BCUT2D eigenvalue weighted by Gasteiger charge is 2.31. The topological polar surface area (TPSA) is 71.4 Å². The van der Waals surface area contributed by atoms with Crippen LogP contribution in [0.1, 0.15) is 96.0 Å². The number of hydrogen-bond acceptors (Lipinski definition) is 3. The summed E-state index contributed by atoms with van der Waals surface area (Å²) in [4.78, 5) is 41.8. The highest BCUT2D eigenvalue weighted by atomic mass is 16.2. The Balaban J connectivity index is 1.36. The first-order valence-electron chi connectivity index (χ1n) is 13.0. The lowest BCUT2D eigenvalue weighted by Crippen LogP contribution is -2.42. The molecule has 0 radical (unpaired) electrons. The summed E-state index contributed by atoms with van der Waals surface area (Å²) in [5.74, 6) is 0.158. The smallest absolute Gasteiger partial charge is 0.259 e. The fourth-order valence-corrected chi connectivity index (χ4v) is 5.55. The second kappa shape index (κ2) is 10.2. The SMILES string of the molecule is O=C(NCC1CCCCC1)c1cn(C2CC2)cc(C(=O)N2CCC[C@H](c3ccccc3)C2)c1=O. The third-order valence-electron chi connectivity index (χ3n) is 7.74. The minimum absolute atomic E-state index is 0.102. The van der Waals surface area contributed by atoms with Crippen LogP contribution >= 0.6 is 0 Å². The van der Waals surface area contributed by atoms with Gasteiger partial charge in [0.05, 0.1) is 0 Å². The second-order valence-electron chi connectivity index (χ2n) is 10.3. The van der Waals surface area contributed by atoms with Crippen molar-refractivity contribution in [3.8, 4) is 0 Å². The van der Waals surface area contributed by atoms with Gasteiger partial charge in [-0.15, -0.1) is 0 Å². The molecule has 5 rings (SSSR count). The number of nitrogens with zero attached hydrogens (tertiary/aromatic N) is 2. The minimum atomic E-state index is -0.440. The fourth-order valence-electron chi connectivity index (χ4n) is 5.55. The summed E-state index contributed by atoms with van der Waals surface area (Å²) in [5.41, 5.74) is 1.02. The van der Waals surface area contributed by atoms with Crippen molar-refractivity contribution in [2.75, 3.05) is 19.6 Å². The molecule has 34 heavy (non-hydrogen) atoms. The van der Waals surface area contributed by atoms with E-state index >= 15 is 0 Å². The molecule has 2 saturated carbocycles. The van der Waals surface area contributed by atoms with E-state index in [9.17, 15) is 14.4 Å². The summed E-state index contributed by atoms with van der Waals surface area (Å²) in [7, 11) is 0. The summed E-state index contributed by atoms with van der Waals surface area (Å²) >= 11 is 0. The first-order valence-corrected chi connectivity index (χ1v) is 13.0. The Morgan fingerprint density at radius 2 is 1.62 bits per heavy atom. The van der Waals surface area contributed by atoms with E-state index in [2.05, 4.69) is 17.4 Å². The van der Waals surface area contributed by atoms with E-state index in [1.54, 1.807) is 17.3 Å². The predicted octanol–water partition coefficient (Wildman–Crippen LogP) is 4.51. The lowest BCUT2D eigenvalue weighted by atomic mass is 9.89. The van der Waals surface area contributed by atoms with Crippen LogP contribution in [0.3, 0.4) is 0 Å². The number of amides is 2. The molecule has 3 fully saturated rings. The molecule has 2 heterocycles. The summed E-state index contributed by atoms with van der Waals surface area (Å²) in [6.45, 7) is 1.84. The number of nitrogens with one attached hydrogen (secondary N) is 1. The van der Waals surface area contributed by atoms with Crippen molar-refractivity contribution < 1.29 is 9.59 Å². The van der Waals surface area contributed by atoms with Crippen LogP contribution in [0.25, 0.3) is 0 Å². The summed E-state index contributed by atoms with van der Waals surface area (Å²) in [6, 6.07) is 10.5. The maximum atomic E-state index is 13.6. The first-order chi connectivity index (χ1) is 16.6. The number of likely N-dealkylation sites (tertiary alicyclic amines) is 1. The highest BCUT2D eigenvalue weighted by Crippen LogP contribution is 2.35. The van der Waals surface area contributed by atoms with Gasteiger partial charge >= 0.3 is 0 Å². The largest absolute Gasteiger partial charge is 0.352 e. The van der Waals surface area contributed by atoms with Gasteiger partial charge in [-0.25, -0.2) is 0 Å². The van der Waals surface area contributed by atoms with E-state index in [1.807, 2.05) is 22.8 Å². The fraction of sp³-hybridized carbons (Fsp3) is 0.536. The highest BCUT2D eigenvalue weighted by molar-refractivity contribution is 5.99. The third kappa shape index (κ3) is 5.11. The van der Waals surface area contributed by atoms with Gasteiger partial charge in [-0.05, 0) is 50.0 Å². The molecule has 2 aromatic rings. The minimum Gasteiger partial charge on any atom is -0.352 e. The zero-order chi connectivity index (χ0) is 23.5. The van der Waals surface area contributed by atoms with E-state index in [0.717, 1.165) is 38.5 Å². The molecular weight excluding hydrogens is 426 g/mol. The number of carbonyl (C=O) groups excluding carboxylic acids is 2. The van der Waals surface area contributed by atoms with Crippen LogP contribution in [-0.2, 0) is 0 Å². The molecule has 180 valence electrons. The summed E-state index contributed by atoms with van der Waals surface area (Å²) in [6.07, 6.45) is 13.2. The lowest BCUT2D eigenvalue weighted by Gasteiger charge is -2.33. The molecular formula is C28H35N3O3. The van der Waals surface area contributed by atoms with Gasteiger partial charge in [0, 0.05) is 44.0 Å². The van der Waals surface area contributed by atoms with E-state index in [0.29, 0.717) is 25.6 Å². The number of piperidine rings is 1. The Hall–Kier alpha value is -2.89. The standard InChI is InChI=1S/C28H35N3O3/c32-26-24(27(33)29-16-20-8-3-1-4-9-20)18-31(23-13-14-23)19-25(26)28(34)30-15-7-12-22(17-30)21-10-5-2-6-11-21/h2,5-6,10-11,18-20,22-23H,1,3-4,7-9,12-17H2,(H,29,33)/t22-/m0/s1. The molecule has 2 amide bonds. The third-order valence-corrected chi connectivity index (χ3v) is 7.74. The quantitative estimate of drug-likeness (QED) is 0.688. The van der Waals surface area contributed by atoms with Gasteiger partial charge < -0.3 is 14.8 Å². The molecule has 2 aliphatic carbocycles. The zero-order valence-corrected chi connectivity index (χ0v) is 19.9. The van der Waals surface area contributed by atoms with Crippen LogP contribution in [-0.4, -0.2) is 40.9 Å². The second-order valence-corrected chi connectivity index (χ2v) is 10.3. The van der Waals surface area contributed by atoms with Crippen molar-refractivity contribution in [2.45, 2.75) is 69.7 Å². The van der Waals surface area contributed by atoms with Crippen molar-refractivity contribution in [3.05, 3.63) is 69.6 Å². The molecule has 0 spiro atoms. The van der Waals surface area contributed by atoms with Crippen molar-refractivity contribution in [1.82, 2.24) is 14.8 Å². The molecule has 1 N–H and O–H groups in total. The average Bonchev–Trinajstić information content (AvgIpc) is 3.74.